The maximum absolute atomic E-state index is 12.5. The lowest BCUT2D eigenvalue weighted by atomic mass is 10.2. The molecule has 1 aromatic rings. The number of morpholine rings is 1. The van der Waals surface area contributed by atoms with Crippen molar-refractivity contribution < 1.29 is 13.2 Å². The maximum atomic E-state index is 12.5. The highest BCUT2D eigenvalue weighted by Gasteiger charge is 2.33. The lowest BCUT2D eigenvalue weighted by molar-refractivity contribution is -0.0139. The summed E-state index contributed by atoms with van der Waals surface area (Å²) < 4.78 is 32.1. The van der Waals surface area contributed by atoms with E-state index in [1.807, 2.05) is 37.3 Å². The summed E-state index contributed by atoms with van der Waals surface area (Å²) >= 11 is 3.35. The number of alkyl halides is 1. The summed E-state index contributed by atoms with van der Waals surface area (Å²) in [5, 5.41) is 0.657. The van der Waals surface area contributed by atoms with Gasteiger partial charge in [0.15, 0.2) is 0 Å². The van der Waals surface area contributed by atoms with Crippen LogP contribution in [-0.4, -0.2) is 49.1 Å². The first-order valence-corrected chi connectivity index (χ1v) is 9.47. The Labute approximate surface area is 129 Å². The van der Waals surface area contributed by atoms with Gasteiger partial charge in [0, 0.05) is 17.9 Å². The quantitative estimate of drug-likeness (QED) is 0.754. The number of benzene rings is 1. The Bertz CT molecular complexity index is 520. The molecule has 0 bridgehead atoms. The summed E-state index contributed by atoms with van der Waals surface area (Å²) in [6.07, 6.45) is 0.490. The SMILES string of the molecule is CC1COC(CBr)CN1S(=O)(=O)CCc1ccccc1. The van der Waals surface area contributed by atoms with E-state index in [9.17, 15) is 8.42 Å². The largest absolute Gasteiger partial charge is 0.374 e. The van der Waals surface area contributed by atoms with Gasteiger partial charge in [0.05, 0.1) is 18.5 Å². The molecule has 20 heavy (non-hydrogen) atoms. The average molecular weight is 362 g/mol. The molecule has 0 aromatic heterocycles. The van der Waals surface area contributed by atoms with Gasteiger partial charge in [-0.15, -0.1) is 0 Å². The normalized spacial score (nSPS) is 24.7. The van der Waals surface area contributed by atoms with Gasteiger partial charge in [-0.05, 0) is 18.9 Å². The van der Waals surface area contributed by atoms with Crippen LogP contribution in [0.2, 0.25) is 0 Å². The van der Waals surface area contributed by atoms with Crippen molar-refractivity contribution in [2.45, 2.75) is 25.5 Å². The zero-order valence-electron chi connectivity index (χ0n) is 11.5. The third-order valence-electron chi connectivity index (χ3n) is 3.47. The van der Waals surface area contributed by atoms with E-state index < -0.39 is 10.0 Å². The van der Waals surface area contributed by atoms with E-state index in [1.165, 1.54) is 0 Å². The van der Waals surface area contributed by atoms with Gasteiger partial charge in [-0.1, -0.05) is 46.3 Å². The van der Waals surface area contributed by atoms with Crippen LogP contribution in [0.25, 0.3) is 0 Å². The highest BCUT2D eigenvalue weighted by molar-refractivity contribution is 9.09. The predicted molar refractivity (Wildman–Crippen MR) is 83.6 cm³/mol. The molecule has 112 valence electrons. The third kappa shape index (κ3) is 4.04. The monoisotopic (exact) mass is 361 g/mol. The molecular weight excluding hydrogens is 342 g/mol. The van der Waals surface area contributed by atoms with Gasteiger partial charge >= 0.3 is 0 Å². The topological polar surface area (TPSA) is 46.6 Å². The van der Waals surface area contributed by atoms with Gasteiger partial charge in [0.2, 0.25) is 10.0 Å². The Balaban J connectivity index is 2.01. The molecule has 6 heteroatoms. The van der Waals surface area contributed by atoms with Crippen LogP contribution >= 0.6 is 15.9 Å². The van der Waals surface area contributed by atoms with E-state index in [0.717, 1.165) is 5.56 Å². The van der Waals surface area contributed by atoms with Gasteiger partial charge < -0.3 is 4.74 Å². The number of sulfonamides is 1. The van der Waals surface area contributed by atoms with Crippen molar-refractivity contribution in [2.75, 3.05) is 24.2 Å². The molecule has 0 saturated carbocycles. The van der Waals surface area contributed by atoms with Crippen LogP contribution in [-0.2, 0) is 21.2 Å². The third-order valence-corrected chi connectivity index (χ3v) is 6.14. The van der Waals surface area contributed by atoms with E-state index >= 15 is 0 Å². The summed E-state index contributed by atoms with van der Waals surface area (Å²) in [7, 11) is -3.24. The Kier molecular flexibility index (Phi) is 5.60. The second-order valence-electron chi connectivity index (χ2n) is 5.08. The molecule has 2 rings (SSSR count). The smallest absolute Gasteiger partial charge is 0.214 e. The first-order valence-electron chi connectivity index (χ1n) is 6.74. The second-order valence-corrected chi connectivity index (χ2v) is 7.77. The molecule has 1 heterocycles. The van der Waals surface area contributed by atoms with Gasteiger partial charge in [-0.3, -0.25) is 0 Å². The van der Waals surface area contributed by atoms with Gasteiger partial charge in [-0.2, -0.15) is 4.31 Å². The zero-order chi connectivity index (χ0) is 14.6. The number of ether oxygens (including phenoxy) is 1. The summed E-state index contributed by atoms with van der Waals surface area (Å²) in [6.45, 7) is 2.79. The number of halogens is 1. The van der Waals surface area contributed by atoms with Crippen molar-refractivity contribution in [3.8, 4) is 0 Å². The lowest BCUT2D eigenvalue weighted by Gasteiger charge is -2.36. The fraction of sp³-hybridized carbons (Fsp3) is 0.571. The van der Waals surface area contributed by atoms with Crippen molar-refractivity contribution in [3.05, 3.63) is 35.9 Å². The van der Waals surface area contributed by atoms with Crippen molar-refractivity contribution in [2.24, 2.45) is 0 Å². The van der Waals surface area contributed by atoms with Crippen LogP contribution in [0.1, 0.15) is 12.5 Å². The molecule has 0 spiro atoms. The fourth-order valence-corrected chi connectivity index (χ4v) is 4.40. The lowest BCUT2D eigenvalue weighted by Crippen LogP contribution is -2.52. The Morgan fingerprint density at radius 2 is 2.05 bits per heavy atom. The molecular formula is C14H20BrNO3S. The second kappa shape index (κ2) is 7.02. The number of rotatable bonds is 5. The molecule has 2 atom stereocenters. The molecule has 1 aliphatic rings. The molecule has 4 nitrogen and oxygen atoms in total. The van der Waals surface area contributed by atoms with E-state index in [-0.39, 0.29) is 17.9 Å². The van der Waals surface area contributed by atoms with Gasteiger partial charge in [0.25, 0.3) is 0 Å². The summed E-state index contributed by atoms with van der Waals surface area (Å²) in [5.41, 5.74) is 1.05. The van der Waals surface area contributed by atoms with E-state index in [1.54, 1.807) is 4.31 Å². The molecule has 0 aliphatic carbocycles. The predicted octanol–water partition coefficient (Wildman–Crippen LogP) is 2.04. The van der Waals surface area contributed by atoms with Crippen LogP contribution in [0.5, 0.6) is 0 Å². The molecule has 1 aromatic carbocycles. The first-order chi connectivity index (χ1) is 9.53. The molecule has 0 amide bonds. The van der Waals surface area contributed by atoms with Gasteiger partial charge in [-0.25, -0.2) is 8.42 Å². The van der Waals surface area contributed by atoms with Crippen molar-refractivity contribution in [1.82, 2.24) is 4.31 Å². The minimum atomic E-state index is -3.24. The van der Waals surface area contributed by atoms with Gasteiger partial charge in [0.1, 0.15) is 0 Å². The number of hydrogen-bond donors (Lipinski definition) is 0. The van der Waals surface area contributed by atoms with Crippen molar-refractivity contribution in [3.63, 3.8) is 0 Å². The highest BCUT2D eigenvalue weighted by Crippen LogP contribution is 2.18. The zero-order valence-corrected chi connectivity index (χ0v) is 13.9. The summed E-state index contributed by atoms with van der Waals surface area (Å²) in [5.74, 6) is 0.149. The van der Waals surface area contributed by atoms with Crippen molar-refractivity contribution >= 4 is 26.0 Å². The Morgan fingerprint density at radius 3 is 2.70 bits per heavy atom. The Hall–Kier alpha value is -0.430. The molecule has 0 N–H and O–H groups in total. The van der Waals surface area contributed by atoms with Crippen LogP contribution in [0, 0.1) is 0 Å². The minimum Gasteiger partial charge on any atom is -0.374 e. The highest BCUT2D eigenvalue weighted by atomic mass is 79.9. The standard InChI is InChI=1S/C14H20BrNO3S/c1-12-11-19-14(9-15)10-16(12)20(17,18)8-7-13-5-3-2-4-6-13/h2-6,12,14H,7-11H2,1H3. The van der Waals surface area contributed by atoms with Crippen molar-refractivity contribution in [1.29, 1.82) is 0 Å². The average Bonchev–Trinajstić information content (AvgIpc) is 2.47. The number of aryl methyl sites for hydroxylation is 1. The molecule has 0 radical (unpaired) electrons. The van der Waals surface area contributed by atoms with Crippen LogP contribution in [0.4, 0.5) is 0 Å². The fourth-order valence-electron chi connectivity index (χ4n) is 2.28. The minimum absolute atomic E-state index is 0.0577. The van der Waals surface area contributed by atoms with E-state index in [2.05, 4.69) is 15.9 Å². The summed E-state index contributed by atoms with van der Waals surface area (Å²) in [6, 6.07) is 9.62. The van der Waals surface area contributed by atoms with Crippen LogP contribution in [0.3, 0.4) is 0 Å². The van der Waals surface area contributed by atoms with Crippen LogP contribution in [0.15, 0.2) is 30.3 Å². The van der Waals surface area contributed by atoms with E-state index in [4.69, 9.17) is 4.74 Å². The van der Waals surface area contributed by atoms with Crippen LogP contribution < -0.4 is 0 Å². The summed E-state index contributed by atoms with van der Waals surface area (Å²) in [4.78, 5) is 0. The maximum Gasteiger partial charge on any atom is 0.214 e. The molecule has 1 fully saturated rings. The van der Waals surface area contributed by atoms with E-state index in [0.29, 0.717) is 24.9 Å². The number of hydrogen-bond acceptors (Lipinski definition) is 3. The first kappa shape index (κ1) is 15.9. The Morgan fingerprint density at radius 1 is 1.35 bits per heavy atom. The molecule has 1 aliphatic heterocycles. The molecule has 2 unspecified atom stereocenters. The molecule has 1 saturated heterocycles. The number of nitrogens with zero attached hydrogens (tertiary/aromatic N) is 1.